The quantitative estimate of drug-likeness (QED) is 0.153. The van der Waals surface area contributed by atoms with E-state index in [1.807, 2.05) is 42.5 Å². The third-order valence-electron chi connectivity index (χ3n) is 8.08. The summed E-state index contributed by atoms with van der Waals surface area (Å²) in [5.41, 5.74) is 6.27. The highest BCUT2D eigenvalue weighted by Crippen LogP contribution is 2.34. The number of nitrogens with zero attached hydrogens (tertiary/aromatic N) is 3. The summed E-state index contributed by atoms with van der Waals surface area (Å²) in [4.78, 5) is 7.47. The van der Waals surface area contributed by atoms with Gasteiger partial charge < -0.3 is 9.30 Å². The number of ether oxygens (including phenoxy) is 1. The van der Waals surface area contributed by atoms with Gasteiger partial charge in [-0.15, -0.1) is 0 Å². The van der Waals surface area contributed by atoms with Crippen molar-refractivity contribution in [1.82, 2.24) is 14.5 Å². The van der Waals surface area contributed by atoms with E-state index in [0.717, 1.165) is 71.5 Å². The number of hydrogen-bond acceptors (Lipinski definition) is 3. The number of alkyl halides is 3. The second-order valence-corrected chi connectivity index (χ2v) is 11.4. The lowest BCUT2D eigenvalue weighted by molar-refractivity contribution is -0.137. The van der Waals surface area contributed by atoms with E-state index in [9.17, 15) is 13.2 Å². The number of halogens is 3. The van der Waals surface area contributed by atoms with Gasteiger partial charge in [0, 0.05) is 43.7 Å². The normalized spacial score (nSPS) is 12.8. The van der Waals surface area contributed by atoms with E-state index >= 15 is 0 Å². The van der Waals surface area contributed by atoms with Gasteiger partial charge in [-0.2, -0.15) is 13.2 Å². The van der Waals surface area contributed by atoms with Crippen molar-refractivity contribution in [3.05, 3.63) is 131 Å². The van der Waals surface area contributed by atoms with Gasteiger partial charge in [0.1, 0.15) is 11.6 Å². The molecular formula is C37H36F3N3O. The third kappa shape index (κ3) is 6.73. The predicted octanol–water partition coefficient (Wildman–Crippen LogP) is 9.17. The molecule has 4 nitrogen and oxygen atoms in total. The molecule has 7 heteroatoms. The van der Waals surface area contributed by atoms with Gasteiger partial charge in [0.05, 0.1) is 23.6 Å². The molecule has 1 aliphatic heterocycles. The summed E-state index contributed by atoms with van der Waals surface area (Å²) >= 11 is 0. The summed E-state index contributed by atoms with van der Waals surface area (Å²) in [6.45, 7) is 5.07. The zero-order chi connectivity index (χ0) is 30.5. The lowest BCUT2D eigenvalue weighted by atomic mass is 10.1. The van der Waals surface area contributed by atoms with Gasteiger partial charge in [-0.3, -0.25) is 4.90 Å². The Bertz CT molecular complexity index is 1700. The number of aromatic nitrogens is 2. The van der Waals surface area contributed by atoms with Crippen molar-refractivity contribution in [2.24, 2.45) is 0 Å². The first kappa shape index (κ1) is 29.7. The van der Waals surface area contributed by atoms with Crippen molar-refractivity contribution < 1.29 is 17.9 Å². The number of fused-ring (bicyclic) bond motifs is 1. The molecule has 0 atom stereocenters. The van der Waals surface area contributed by atoms with Crippen molar-refractivity contribution in [3.63, 3.8) is 0 Å². The molecule has 6 rings (SSSR count). The summed E-state index contributed by atoms with van der Waals surface area (Å²) in [5.74, 6) is 1.82. The summed E-state index contributed by atoms with van der Waals surface area (Å²) in [5, 5.41) is 0. The summed E-state index contributed by atoms with van der Waals surface area (Å²) in [6, 6.07) is 32.3. The molecule has 0 amide bonds. The molecule has 0 saturated carbocycles. The lowest BCUT2D eigenvalue weighted by Crippen LogP contribution is -2.25. The molecule has 0 unspecified atom stereocenters. The molecule has 226 valence electrons. The van der Waals surface area contributed by atoms with Crippen LogP contribution in [0.4, 0.5) is 13.2 Å². The monoisotopic (exact) mass is 595 g/mol. The smallest absolute Gasteiger partial charge is 0.416 e. The van der Waals surface area contributed by atoms with Crippen molar-refractivity contribution in [2.45, 2.75) is 58.5 Å². The highest BCUT2D eigenvalue weighted by molar-refractivity contribution is 5.68. The van der Waals surface area contributed by atoms with E-state index in [-0.39, 0.29) is 0 Å². The standard InChI is InChI=1S/C37H36F3N3O/c1-2-3-20-43-33(35(29-12-6-4-7-13-29)41-36(43)30-14-8-5-9-15-30)26-42(24-27-11-10-16-32(23-27)37(38,39)40)25-28-17-18-34-31(22-28)19-21-44-34/h4-18,22-23H,2-3,19-21,24-26H2,1H3. The minimum Gasteiger partial charge on any atom is -0.493 e. The van der Waals surface area contributed by atoms with Gasteiger partial charge in [-0.25, -0.2) is 4.98 Å². The van der Waals surface area contributed by atoms with Crippen LogP contribution < -0.4 is 4.74 Å². The summed E-state index contributed by atoms with van der Waals surface area (Å²) in [7, 11) is 0. The Kier molecular flexibility index (Phi) is 8.84. The van der Waals surface area contributed by atoms with Crippen LogP contribution in [0.3, 0.4) is 0 Å². The fourth-order valence-corrected chi connectivity index (χ4v) is 5.92. The maximum Gasteiger partial charge on any atom is 0.416 e. The van der Waals surface area contributed by atoms with Crippen molar-refractivity contribution in [2.75, 3.05) is 6.61 Å². The molecule has 0 bridgehead atoms. The molecule has 4 aromatic carbocycles. The van der Waals surface area contributed by atoms with Crippen LogP contribution in [-0.4, -0.2) is 21.1 Å². The lowest BCUT2D eigenvalue weighted by Gasteiger charge is -2.25. The number of benzene rings is 4. The first-order valence-corrected chi connectivity index (χ1v) is 15.2. The van der Waals surface area contributed by atoms with Gasteiger partial charge in [0.2, 0.25) is 0 Å². The van der Waals surface area contributed by atoms with Crippen LogP contribution in [0.1, 0.15) is 47.7 Å². The Morgan fingerprint density at radius 3 is 2.20 bits per heavy atom. The predicted molar refractivity (Wildman–Crippen MR) is 168 cm³/mol. The Hall–Kier alpha value is -4.36. The second kappa shape index (κ2) is 13.1. The second-order valence-electron chi connectivity index (χ2n) is 11.4. The third-order valence-corrected chi connectivity index (χ3v) is 8.08. The highest BCUT2D eigenvalue weighted by atomic mass is 19.4. The molecule has 0 aliphatic carbocycles. The van der Waals surface area contributed by atoms with Crippen molar-refractivity contribution in [3.8, 4) is 28.4 Å². The Labute approximate surface area is 256 Å². The molecule has 0 saturated heterocycles. The van der Waals surface area contributed by atoms with Gasteiger partial charge in [0.15, 0.2) is 0 Å². The van der Waals surface area contributed by atoms with Crippen LogP contribution in [0.5, 0.6) is 5.75 Å². The largest absolute Gasteiger partial charge is 0.493 e. The molecule has 0 spiro atoms. The minimum atomic E-state index is -4.40. The van der Waals surface area contributed by atoms with E-state index in [1.54, 1.807) is 6.07 Å². The van der Waals surface area contributed by atoms with Crippen LogP contribution >= 0.6 is 0 Å². The van der Waals surface area contributed by atoms with Gasteiger partial charge >= 0.3 is 6.18 Å². The average molecular weight is 596 g/mol. The number of imidazole rings is 1. The molecule has 44 heavy (non-hydrogen) atoms. The van der Waals surface area contributed by atoms with Gasteiger partial charge in [-0.1, -0.05) is 104 Å². The molecule has 0 fully saturated rings. The van der Waals surface area contributed by atoms with Crippen LogP contribution in [0.25, 0.3) is 22.6 Å². The van der Waals surface area contributed by atoms with Crippen LogP contribution in [-0.2, 0) is 38.8 Å². The average Bonchev–Trinajstić information content (AvgIpc) is 3.65. The van der Waals surface area contributed by atoms with Gasteiger partial charge in [0.25, 0.3) is 0 Å². The van der Waals surface area contributed by atoms with E-state index in [2.05, 4.69) is 52.8 Å². The van der Waals surface area contributed by atoms with Crippen LogP contribution in [0.15, 0.2) is 103 Å². The Balaban J connectivity index is 1.44. The maximum absolute atomic E-state index is 13.7. The summed E-state index contributed by atoms with van der Waals surface area (Å²) < 4.78 is 49.0. The molecule has 1 aliphatic rings. The number of rotatable bonds is 11. The van der Waals surface area contributed by atoms with Crippen molar-refractivity contribution >= 4 is 0 Å². The first-order valence-electron chi connectivity index (χ1n) is 15.2. The SMILES string of the molecule is CCCCn1c(-c2ccccc2)nc(-c2ccccc2)c1CN(Cc1cccc(C(F)(F)F)c1)Cc1ccc2c(c1)CCO2. The molecule has 0 radical (unpaired) electrons. The topological polar surface area (TPSA) is 30.3 Å². The van der Waals surface area contributed by atoms with E-state index in [1.165, 1.54) is 17.7 Å². The van der Waals surface area contributed by atoms with E-state index < -0.39 is 11.7 Å². The fourth-order valence-electron chi connectivity index (χ4n) is 5.92. The van der Waals surface area contributed by atoms with Crippen LogP contribution in [0.2, 0.25) is 0 Å². The van der Waals surface area contributed by atoms with E-state index in [4.69, 9.17) is 9.72 Å². The number of unbranched alkanes of at least 4 members (excludes halogenated alkanes) is 1. The Morgan fingerprint density at radius 1 is 0.795 bits per heavy atom. The Morgan fingerprint density at radius 2 is 1.50 bits per heavy atom. The fraction of sp³-hybridized carbons (Fsp3) is 0.270. The van der Waals surface area contributed by atoms with Crippen LogP contribution in [0, 0.1) is 0 Å². The van der Waals surface area contributed by atoms with E-state index in [0.29, 0.717) is 31.8 Å². The maximum atomic E-state index is 13.7. The van der Waals surface area contributed by atoms with Crippen molar-refractivity contribution in [1.29, 1.82) is 0 Å². The summed E-state index contributed by atoms with van der Waals surface area (Å²) in [6.07, 6.45) is -1.53. The molecule has 0 N–H and O–H groups in total. The molecule has 1 aromatic heterocycles. The highest BCUT2D eigenvalue weighted by Gasteiger charge is 2.30. The number of hydrogen-bond donors (Lipinski definition) is 0. The first-order chi connectivity index (χ1) is 21.4. The zero-order valence-corrected chi connectivity index (χ0v) is 24.9. The molecular weight excluding hydrogens is 559 g/mol. The zero-order valence-electron chi connectivity index (χ0n) is 24.9. The molecule has 2 heterocycles. The van der Waals surface area contributed by atoms with Gasteiger partial charge in [-0.05, 0) is 35.2 Å². The minimum absolute atomic E-state index is 0.353. The molecule has 5 aromatic rings.